The zero-order valence-electron chi connectivity index (χ0n) is 12.8. The maximum Gasteiger partial charge on any atom is 0.151 e. The lowest BCUT2D eigenvalue weighted by molar-refractivity contribution is 0.570. The molecule has 20 heavy (non-hydrogen) atoms. The predicted molar refractivity (Wildman–Crippen MR) is 82.2 cm³/mol. The molecule has 0 aliphatic heterocycles. The molecule has 1 atom stereocenters. The lowest BCUT2D eigenvalue weighted by Gasteiger charge is -2.19. The minimum atomic E-state index is 0.338. The summed E-state index contributed by atoms with van der Waals surface area (Å²) in [4.78, 5) is 4.61. The molecule has 0 aliphatic rings. The Morgan fingerprint density at radius 2 is 1.90 bits per heavy atom. The fourth-order valence-corrected chi connectivity index (χ4v) is 2.52. The number of hydrogen-bond donors (Lipinski definition) is 1. The van der Waals surface area contributed by atoms with Crippen molar-refractivity contribution < 1.29 is 0 Å². The highest BCUT2D eigenvalue weighted by Crippen LogP contribution is 2.24. The van der Waals surface area contributed by atoms with E-state index in [4.69, 9.17) is 0 Å². The van der Waals surface area contributed by atoms with Crippen LogP contribution in [0.5, 0.6) is 0 Å². The summed E-state index contributed by atoms with van der Waals surface area (Å²) in [6.07, 6.45) is 2.80. The molecule has 108 valence electrons. The van der Waals surface area contributed by atoms with Gasteiger partial charge in [-0.15, -0.1) is 0 Å². The van der Waals surface area contributed by atoms with Crippen LogP contribution in [0.4, 0.5) is 0 Å². The van der Waals surface area contributed by atoms with E-state index in [0.717, 1.165) is 36.6 Å². The average molecular weight is 272 g/mol. The molecule has 2 aromatic rings. The van der Waals surface area contributed by atoms with Crippen molar-refractivity contribution >= 4 is 0 Å². The Balaban J connectivity index is 2.54. The summed E-state index contributed by atoms with van der Waals surface area (Å²) < 4.78 is 2.01. The van der Waals surface area contributed by atoms with Crippen LogP contribution in [-0.4, -0.2) is 21.8 Å². The molecule has 0 aliphatic carbocycles. The van der Waals surface area contributed by atoms with Crippen LogP contribution < -0.4 is 5.32 Å². The normalized spacial score (nSPS) is 12.6. The van der Waals surface area contributed by atoms with E-state index in [9.17, 15) is 0 Å². The monoisotopic (exact) mass is 272 g/mol. The van der Waals surface area contributed by atoms with Gasteiger partial charge in [0.1, 0.15) is 5.82 Å². The van der Waals surface area contributed by atoms with Crippen LogP contribution in [0.3, 0.4) is 0 Å². The first-order chi connectivity index (χ1) is 9.74. The molecular weight excluding hydrogens is 248 g/mol. The molecule has 1 heterocycles. The third kappa shape index (κ3) is 2.75. The third-order valence-electron chi connectivity index (χ3n) is 3.65. The molecule has 0 saturated carbocycles. The zero-order chi connectivity index (χ0) is 14.5. The Hall–Kier alpha value is -1.68. The lowest BCUT2D eigenvalue weighted by atomic mass is 10.0. The SMILES string of the molecule is CCc1nc(CC)n(-c2ccccc2C(CC)NC)n1. The largest absolute Gasteiger partial charge is 0.313 e. The van der Waals surface area contributed by atoms with E-state index in [1.54, 1.807) is 0 Å². The van der Waals surface area contributed by atoms with Crippen LogP contribution in [0.1, 0.15) is 50.4 Å². The number of aromatic nitrogens is 3. The van der Waals surface area contributed by atoms with Gasteiger partial charge in [0, 0.05) is 18.9 Å². The number of nitrogens with one attached hydrogen (secondary N) is 1. The Kier molecular flexibility index (Phi) is 4.90. The second-order valence-electron chi connectivity index (χ2n) is 4.87. The first kappa shape index (κ1) is 14.7. The summed E-state index contributed by atoms with van der Waals surface area (Å²) in [5.41, 5.74) is 2.41. The minimum Gasteiger partial charge on any atom is -0.313 e. The third-order valence-corrected chi connectivity index (χ3v) is 3.65. The molecule has 0 spiro atoms. The van der Waals surface area contributed by atoms with Crippen LogP contribution in [-0.2, 0) is 12.8 Å². The van der Waals surface area contributed by atoms with Gasteiger partial charge < -0.3 is 5.32 Å². The van der Waals surface area contributed by atoms with Gasteiger partial charge in [-0.2, -0.15) is 5.10 Å². The van der Waals surface area contributed by atoms with Gasteiger partial charge in [-0.1, -0.05) is 39.0 Å². The molecule has 2 rings (SSSR count). The Morgan fingerprint density at radius 3 is 2.50 bits per heavy atom. The molecule has 1 aromatic heterocycles. The standard InChI is InChI=1S/C16H24N4/c1-5-13(17-4)12-10-8-9-11-14(12)20-16(7-3)18-15(6-2)19-20/h8-11,13,17H,5-7H2,1-4H3. The van der Waals surface area contributed by atoms with E-state index < -0.39 is 0 Å². The number of aryl methyl sites for hydroxylation is 2. The number of rotatable bonds is 6. The number of nitrogens with zero attached hydrogens (tertiary/aromatic N) is 3. The predicted octanol–water partition coefficient (Wildman–Crippen LogP) is 3.06. The molecule has 4 heteroatoms. The molecule has 0 radical (unpaired) electrons. The van der Waals surface area contributed by atoms with Gasteiger partial charge in [-0.25, -0.2) is 9.67 Å². The Labute approximate surface area is 121 Å². The van der Waals surface area contributed by atoms with Crippen LogP contribution in [0, 0.1) is 0 Å². The molecule has 0 amide bonds. The van der Waals surface area contributed by atoms with Crippen molar-refractivity contribution in [3.8, 4) is 5.69 Å². The molecule has 1 unspecified atom stereocenters. The van der Waals surface area contributed by atoms with Gasteiger partial charge in [0.25, 0.3) is 0 Å². The smallest absolute Gasteiger partial charge is 0.151 e. The van der Waals surface area contributed by atoms with E-state index in [1.165, 1.54) is 5.56 Å². The van der Waals surface area contributed by atoms with Gasteiger partial charge in [-0.05, 0) is 25.1 Å². The first-order valence-electron chi connectivity index (χ1n) is 7.46. The molecule has 0 bridgehead atoms. The van der Waals surface area contributed by atoms with Gasteiger partial charge >= 0.3 is 0 Å². The van der Waals surface area contributed by atoms with E-state index in [1.807, 2.05) is 11.7 Å². The molecule has 0 fully saturated rings. The van der Waals surface area contributed by atoms with E-state index >= 15 is 0 Å². The zero-order valence-corrected chi connectivity index (χ0v) is 12.8. The van der Waals surface area contributed by atoms with Crippen molar-refractivity contribution in [1.29, 1.82) is 0 Å². The average Bonchev–Trinajstić information content (AvgIpc) is 2.92. The van der Waals surface area contributed by atoms with E-state index in [2.05, 4.69) is 60.4 Å². The van der Waals surface area contributed by atoms with Crippen molar-refractivity contribution in [2.75, 3.05) is 7.05 Å². The number of para-hydroxylation sites is 1. The molecule has 0 saturated heterocycles. The number of hydrogen-bond acceptors (Lipinski definition) is 3. The Bertz CT molecular complexity index is 555. The van der Waals surface area contributed by atoms with Crippen molar-refractivity contribution in [3.63, 3.8) is 0 Å². The highest BCUT2D eigenvalue weighted by molar-refractivity contribution is 5.43. The van der Waals surface area contributed by atoms with Crippen LogP contribution in [0.15, 0.2) is 24.3 Å². The van der Waals surface area contributed by atoms with Crippen molar-refractivity contribution in [3.05, 3.63) is 41.5 Å². The molecule has 1 N–H and O–H groups in total. The van der Waals surface area contributed by atoms with E-state index in [0.29, 0.717) is 6.04 Å². The molecular formula is C16H24N4. The molecule has 1 aromatic carbocycles. The molecule has 4 nitrogen and oxygen atoms in total. The maximum absolute atomic E-state index is 4.66. The summed E-state index contributed by atoms with van der Waals surface area (Å²) in [5.74, 6) is 1.94. The summed E-state index contributed by atoms with van der Waals surface area (Å²) in [6, 6.07) is 8.79. The summed E-state index contributed by atoms with van der Waals surface area (Å²) in [5, 5.41) is 8.03. The second kappa shape index (κ2) is 6.66. The lowest BCUT2D eigenvalue weighted by Crippen LogP contribution is -2.18. The fourth-order valence-electron chi connectivity index (χ4n) is 2.52. The van der Waals surface area contributed by atoms with Crippen molar-refractivity contribution in [1.82, 2.24) is 20.1 Å². The topological polar surface area (TPSA) is 42.7 Å². The summed E-state index contributed by atoms with van der Waals surface area (Å²) in [7, 11) is 2.00. The summed E-state index contributed by atoms with van der Waals surface area (Å²) >= 11 is 0. The highest BCUT2D eigenvalue weighted by Gasteiger charge is 2.16. The van der Waals surface area contributed by atoms with Gasteiger partial charge in [0.2, 0.25) is 0 Å². The van der Waals surface area contributed by atoms with Crippen molar-refractivity contribution in [2.45, 2.75) is 46.1 Å². The highest BCUT2D eigenvalue weighted by atomic mass is 15.4. The Morgan fingerprint density at radius 1 is 1.15 bits per heavy atom. The quantitative estimate of drug-likeness (QED) is 0.879. The van der Waals surface area contributed by atoms with Crippen LogP contribution in [0.25, 0.3) is 5.69 Å². The van der Waals surface area contributed by atoms with E-state index in [-0.39, 0.29) is 0 Å². The number of benzene rings is 1. The minimum absolute atomic E-state index is 0.338. The van der Waals surface area contributed by atoms with Gasteiger partial charge in [0.15, 0.2) is 5.82 Å². The fraction of sp³-hybridized carbons (Fsp3) is 0.500. The van der Waals surface area contributed by atoms with Gasteiger partial charge in [0.05, 0.1) is 5.69 Å². The maximum atomic E-state index is 4.66. The van der Waals surface area contributed by atoms with Crippen molar-refractivity contribution in [2.24, 2.45) is 0 Å². The summed E-state index contributed by atoms with van der Waals surface area (Å²) in [6.45, 7) is 6.41. The second-order valence-corrected chi connectivity index (χ2v) is 4.87. The van der Waals surface area contributed by atoms with Gasteiger partial charge in [-0.3, -0.25) is 0 Å². The van der Waals surface area contributed by atoms with Crippen LogP contribution in [0.2, 0.25) is 0 Å². The van der Waals surface area contributed by atoms with Crippen LogP contribution >= 0.6 is 0 Å². The first-order valence-corrected chi connectivity index (χ1v) is 7.46.